The van der Waals surface area contributed by atoms with Crippen molar-refractivity contribution in [3.05, 3.63) is 65.1 Å². The number of ketones is 1. The zero-order valence-corrected chi connectivity index (χ0v) is 9.94. The van der Waals surface area contributed by atoms with Crippen LogP contribution in [0, 0.1) is 13.8 Å². The normalized spacial score (nSPS) is 10.9. The number of benzene rings is 1. The summed E-state index contributed by atoms with van der Waals surface area (Å²) in [6, 6.07) is 11.3. The summed E-state index contributed by atoms with van der Waals surface area (Å²) in [5.41, 5.74) is 1.78. The minimum atomic E-state index is -0.0113. The summed E-state index contributed by atoms with van der Waals surface area (Å²) < 4.78 is 5.35. The molecule has 2 heteroatoms. The quantitative estimate of drug-likeness (QED) is 0.588. The second-order valence-corrected chi connectivity index (χ2v) is 4.02. The standard InChI is InChI=1S/C15H14O2/c1-11-4-3-5-13(10-11)15(16)9-8-14-7-6-12(2)17-14/h3-10H,1-2H3/b9-8+. The zero-order valence-electron chi connectivity index (χ0n) is 9.94. The van der Waals surface area contributed by atoms with Crippen molar-refractivity contribution < 1.29 is 9.21 Å². The summed E-state index contributed by atoms with van der Waals surface area (Å²) in [5.74, 6) is 1.53. The molecule has 1 aromatic carbocycles. The van der Waals surface area contributed by atoms with Crippen LogP contribution in [0.25, 0.3) is 6.08 Å². The van der Waals surface area contributed by atoms with E-state index in [0.717, 1.165) is 11.3 Å². The second-order valence-electron chi connectivity index (χ2n) is 4.02. The van der Waals surface area contributed by atoms with E-state index in [-0.39, 0.29) is 5.78 Å². The molecule has 0 aliphatic heterocycles. The molecule has 0 fully saturated rings. The molecule has 0 unspecified atom stereocenters. The molecule has 0 N–H and O–H groups in total. The van der Waals surface area contributed by atoms with Crippen LogP contribution in [-0.4, -0.2) is 5.78 Å². The molecule has 0 aliphatic carbocycles. The smallest absolute Gasteiger partial charge is 0.185 e. The monoisotopic (exact) mass is 226 g/mol. The molecule has 0 saturated carbocycles. The maximum atomic E-state index is 11.8. The molecule has 2 nitrogen and oxygen atoms in total. The van der Waals surface area contributed by atoms with Gasteiger partial charge in [-0.3, -0.25) is 4.79 Å². The van der Waals surface area contributed by atoms with E-state index in [1.807, 2.05) is 50.2 Å². The first-order valence-electron chi connectivity index (χ1n) is 5.51. The van der Waals surface area contributed by atoms with E-state index in [2.05, 4.69) is 0 Å². The Morgan fingerprint density at radius 3 is 2.65 bits per heavy atom. The van der Waals surface area contributed by atoms with E-state index in [0.29, 0.717) is 11.3 Å². The van der Waals surface area contributed by atoms with E-state index in [4.69, 9.17) is 4.42 Å². The van der Waals surface area contributed by atoms with Crippen LogP contribution >= 0.6 is 0 Å². The fraction of sp³-hybridized carbons (Fsp3) is 0.133. The van der Waals surface area contributed by atoms with Gasteiger partial charge in [-0.2, -0.15) is 0 Å². The van der Waals surface area contributed by atoms with Crippen LogP contribution in [0.15, 0.2) is 46.9 Å². The maximum absolute atomic E-state index is 11.8. The van der Waals surface area contributed by atoms with Gasteiger partial charge >= 0.3 is 0 Å². The molecule has 0 atom stereocenters. The zero-order chi connectivity index (χ0) is 12.3. The van der Waals surface area contributed by atoms with Gasteiger partial charge in [0.2, 0.25) is 0 Å². The highest BCUT2D eigenvalue weighted by atomic mass is 16.3. The van der Waals surface area contributed by atoms with Gasteiger partial charge in [0.1, 0.15) is 11.5 Å². The number of carbonyl (C=O) groups excluding carboxylic acids is 1. The third-order valence-corrected chi connectivity index (χ3v) is 2.46. The Bertz CT molecular complexity index is 562. The summed E-state index contributed by atoms with van der Waals surface area (Å²) in [4.78, 5) is 11.8. The van der Waals surface area contributed by atoms with Gasteiger partial charge in [0.25, 0.3) is 0 Å². The third-order valence-electron chi connectivity index (χ3n) is 2.46. The van der Waals surface area contributed by atoms with E-state index in [9.17, 15) is 4.79 Å². The molecule has 0 bridgehead atoms. The maximum Gasteiger partial charge on any atom is 0.185 e. The Hall–Kier alpha value is -2.09. The molecule has 2 aromatic rings. The molecule has 0 saturated heterocycles. The first-order valence-corrected chi connectivity index (χ1v) is 5.51. The van der Waals surface area contributed by atoms with Crippen LogP contribution in [0.4, 0.5) is 0 Å². The highest BCUT2D eigenvalue weighted by Gasteiger charge is 2.01. The molecule has 1 heterocycles. The van der Waals surface area contributed by atoms with Gasteiger partial charge in [0.05, 0.1) is 0 Å². The van der Waals surface area contributed by atoms with Crippen molar-refractivity contribution in [2.75, 3.05) is 0 Å². The van der Waals surface area contributed by atoms with E-state index < -0.39 is 0 Å². The van der Waals surface area contributed by atoms with E-state index in [1.165, 1.54) is 6.08 Å². The lowest BCUT2D eigenvalue weighted by Gasteiger charge is -1.96. The second kappa shape index (κ2) is 4.83. The molecule has 0 aliphatic rings. The van der Waals surface area contributed by atoms with Gasteiger partial charge in [-0.05, 0) is 44.2 Å². The Morgan fingerprint density at radius 1 is 1.18 bits per heavy atom. The van der Waals surface area contributed by atoms with Crippen LogP contribution in [0.1, 0.15) is 27.4 Å². The number of rotatable bonds is 3. The van der Waals surface area contributed by atoms with Crippen molar-refractivity contribution in [1.29, 1.82) is 0 Å². The fourth-order valence-electron chi connectivity index (χ4n) is 1.60. The molecule has 2 rings (SSSR count). The van der Waals surface area contributed by atoms with Gasteiger partial charge < -0.3 is 4.42 Å². The number of hydrogen-bond donors (Lipinski definition) is 0. The topological polar surface area (TPSA) is 30.2 Å². The van der Waals surface area contributed by atoms with Crippen LogP contribution in [0.5, 0.6) is 0 Å². The van der Waals surface area contributed by atoms with E-state index in [1.54, 1.807) is 6.08 Å². The number of furan rings is 1. The lowest BCUT2D eigenvalue weighted by Crippen LogP contribution is -1.93. The van der Waals surface area contributed by atoms with Crippen LogP contribution in [-0.2, 0) is 0 Å². The van der Waals surface area contributed by atoms with Crippen molar-refractivity contribution in [2.45, 2.75) is 13.8 Å². The van der Waals surface area contributed by atoms with E-state index >= 15 is 0 Å². The Balaban J connectivity index is 2.14. The summed E-state index contributed by atoms with van der Waals surface area (Å²) in [6.07, 6.45) is 3.23. The molecule has 86 valence electrons. The minimum Gasteiger partial charge on any atom is -0.462 e. The SMILES string of the molecule is Cc1cccc(C(=O)/C=C/c2ccc(C)o2)c1. The summed E-state index contributed by atoms with van der Waals surface area (Å²) in [7, 11) is 0. The van der Waals surface area contributed by atoms with Crippen molar-refractivity contribution in [3.8, 4) is 0 Å². The Labute approximate surface area is 101 Å². The van der Waals surface area contributed by atoms with Crippen LogP contribution < -0.4 is 0 Å². The number of carbonyl (C=O) groups is 1. The largest absolute Gasteiger partial charge is 0.462 e. The summed E-state index contributed by atoms with van der Waals surface area (Å²) in [5, 5.41) is 0. The summed E-state index contributed by atoms with van der Waals surface area (Å²) >= 11 is 0. The highest BCUT2D eigenvalue weighted by molar-refractivity contribution is 6.06. The third kappa shape index (κ3) is 2.94. The van der Waals surface area contributed by atoms with Crippen molar-refractivity contribution in [1.82, 2.24) is 0 Å². The Morgan fingerprint density at radius 2 is 2.00 bits per heavy atom. The summed E-state index contributed by atoms with van der Waals surface area (Å²) in [6.45, 7) is 3.84. The van der Waals surface area contributed by atoms with Gasteiger partial charge in [0.15, 0.2) is 5.78 Å². The predicted molar refractivity (Wildman–Crippen MR) is 68.0 cm³/mol. The molecular formula is C15H14O2. The predicted octanol–water partition coefficient (Wildman–Crippen LogP) is 3.79. The van der Waals surface area contributed by atoms with Gasteiger partial charge in [-0.25, -0.2) is 0 Å². The average Bonchev–Trinajstić information content (AvgIpc) is 2.72. The molecular weight excluding hydrogens is 212 g/mol. The van der Waals surface area contributed by atoms with Crippen molar-refractivity contribution in [3.63, 3.8) is 0 Å². The number of allylic oxidation sites excluding steroid dienone is 1. The van der Waals surface area contributed by atoms with Crippen LogP contribution in [0.3, 0.4) is 0 Å². The van der Waals surface area contributed by atoms with Gasteiger partial charge in [0, 0.05) is 5.56 Å². The molecule has 0 spiro atoms. The molecule has 0 radical (unpaired) electrons. The van der Waals surface area contributed by atoms with Crippen molar-refractivity contribution >= 4 is 11.9 Å². The molecule has 1 aromatic heterocycles. The average molecular weight is 226 g/mol. The van der Waals surface area contributed by atoms with Gasteiger partial charge in [-0.15, -0.1) is 0 Å². The number of hydrogen-bond acceptors (Lipinski definition) is 2. The lowest BCUT2D eigenvalue weighted by atomic mass is 10.1. The Kier molecular flexibility index (Phi) is 3.24. The number of aryl methyl sites for hydroxylation is 2. The minimum absolute atomic E-state index is 0.0113. The first-order chi connectivity index (χ1) is 8.15. The molecule has 0 amide bonds. The lowest BCUT2D eigenvalue weighted by molar-refractivity contribution is 0.104. The van der Waals surface area contributed by atoms with Gasteiger partial charge in [-0.1, -0.05) is 23.8 Å². The first kappa shape index (κ1) is 11.4. The van der Waals surface area contributed by atoms with Crippen LogP contribution in [0.2, 0.25) is 0 Å². The highest BCUT2D eigenvalue weighted by Crippen LogP contribution is 2.10. The molecule has 17 heavy (non-hydrogen) atoms. The van der Waals surface area contributed by atoms with Crippen molar-refractivity contribution in [2.24, 2.45) is 0 Å². The fourth-order valence-corrected chi connectivity index (χ4v) is 1.60.